The molecule has 0 saturated carbocycles. The molecule has 2 rings (SSSR count). The van der Waals surface area contributed by atoms with E-state index in [0.717, 1.165) is 36.2 Å². The van der Waals surface area contributed by atoms with Gasteiger partial charge in [-0.3, -0.25) is 9.48 Å². The smallest absolute Gasteiger partial charge is 0.251 e. The summed E-state index contributed by atoms with van der Waals surface area (Å²) in [6.45, 7) is 4.13. The molecule has 0 radical (unpaired) electrons. The minimum Gasteiger partial charge on any atom is -0.307 e. The molecular formula is C15H20N4O. The van der Waals surface area contributed by atoms with Crippen LogP contribution in [0, 0.1) is 0 Å². The molecule has 0 spiro atoms. The fourth-order valence-electron chi connectivity index (χ4n) is 2.09. The molecule has 0 aliphatic heterocycles. The van der Waals surface area contributed by atoms with E-state index in [1.54, 1.807) is 16.9 Å². The van der Waals surface area contributed by atoms with Gasteiger partial charge >= 0.3 is 0 Å². The molecule has 0 aromatic carbocycles. The van der Waals surface area contributed by atoms with Gasteiger partial charge in [0.2, 0.25) is 0 Å². The van der Waals surface area contributed by atoms with Crippen LogP contribution in [-0.4, -0.2) is 19.7 Å². The monoisotopic (exact) mass is 272 g/mol. The van der Waals surface area contributed by atoms with Crippen LogP contribution in [0.2, 0.25) is 0 Å². The van der Waals surface area contributed by atoms with E-state index in [1.807, 2.05) is 19.2 Å². The summed E-state index contributed by atoms with van der Waals surface area (Å²) >= 11 is 0. The third-order valence-corrected chi connectivity index (χ3v) is 3.17. The molecule has 0 atom stereocenters. The number of allylic oxidation sites excluding steroid dienone is 1. The molecule has 2 aromatic heterocycles. The van der Waals surface area contributed by atoms with Crippen LogP contribution in [0.25, 0.3) is 11.6 Å². The second kappa shape index (κ2) is 6.32. The molecule has 0 saturated heterocycles. The lowest BCUT2D eigenvalue weighted by Gasteiger charge is -2.06. The van der Waals surface area contributed by atoms with Gasteiger partial charge in [0.25, 0.3) is 5.56 Å². The Morgan fingerprint density at radius 2 is 2.25 bits per heavy atom. The summed E-state index contributed by atoms with van der Waals surface area (Å²) in [4.78, 5) is 19.1. The standard InChI is InChI=1S/C15H20N4O/c1-4-6-12-10-14(20)18-15(17-12)11(5-2)9-13-7-8-16-19(13)3/h7-10H,4-6H2,1-3H3,(H,17,18,20)/b11-9-. The Morgan fingerprint density at radius 1 is 1.45 bits per heavy atom. The number of aromatic nitrogens is 4. The van der Waals surface area contributed by atoms with Crippen molar-refractivity contribution in [3.05, 3.63) is 45.9 Å². The van der Waals surface area contributed by atoms with Gasteiger partial charge in [-0.15, -0.1) is 0 Å². The number of aryl methyl sites for hydroxylation is 2. The van der Waals surface area contributed by atoms with Gasteiger partial charge in [0.05, 0.1) is 5.69 Å². The second-order valence-corrected chi connectivity index (χ2v) is 4.74. The summed E-state index contributed by atoms with van der Waals surface area (Å²) in [5.74, 6) is 0.657. The Hall–Kier alpha value is -2.17. The lowest BCUT2D eigenvalue weighted by atomic mass is 10.1. The minimum atomic E-state index is -0.0946. The fraction of sp³-hybridized carbons (Fsp3) is 0.400. The van der Waals surface area contributed by atoms with Crippen molar-refractivity contribution in [2.24, 2.45) is 7.05 Å². The van der Waals surface area contributed by atoms with E-state index >= 15 is 0 Å². The summed E-state index contributed by atoms with van der Waals surface area (Å²) in [5.41, 5.74) is 2.74. The fourth-order valence-corrected chi connectivity index (χ4v) is 2.09. The Labute approximate surface area is 118 Å². The molecule has 106 valence electrons. The third kappa shape index (κ3) is 3.23. The van der Waals surface area contributed by atoms with Crippen LogP contribution in [0.1, 0.15) is 43.9 Å². The molecule has 0 aliphatic carbocycles. The second-order valence-electron chi connectivity index (χ2n) is 4.74. The number of nitrogens with zero attached hydrogens (tertiary/aromatic N) is 3. The van der Waals surface area contributed by atoms with Crippen molar-refractivity contribution in [2.75, 3.05) is 0 Å². The van der Waals surface area contributed by atoms with Crippen molar-refractivity contribution in [2.45, 2.75) is 33.1 Å². The molecule has 1 N–H and O–H groups in total. The van der Waals surface area contributed by atoms with E-state index in [9.17, 15) is 4.79 Å². The molecule has 2 heterocycles. The van der Waals surface area contributed by atoms with Crippen LogP contribution in [-0.2, 0) is 13.5 Å². The highest BCUT2D eigenvalue weighted by Gasteiger charge is 2.07. The summed E-state index contributed by atoms with van der Waals surface area (Å²) < 4.78 is 1.80. The molecule has 2 aromatic rings. The topological polar surface area (TPSA) is 63.6 Å². The quantitative estimate of drug-likeness (QED) is 0.909. The van der Waals surface area contributed by atoms with E-state index < -0.39 is 0 Å². The molecule has 20 heavy (non-hydrogen) atoms. The van der Waals surface area contributed by atoms with E-state index in [0.29, 0.717) is 5.82 Å². The predicted octanol–water partition coefficient (Wildman–Crippen LogP) is 2.41. The summed E-state index contributed by atoms with van der Waals surface area (Å²) in [6.07, 6.45) is 6.36. The van der Waals surface area contributed by atoms with Gasteiger partial charge < -0.3 is 4.98 Å². The third-order valence-electron chi connectivity index (χ3n) is 3.17. The maximum absolute atomic E-state index is 11.7. The van der Waals surface area contributed by atoms with Gasteiger partial charge in [-0.1, -0.05) is 20.3 Å². The SMILES string of the molecule is CCCc1cc(=O)[nH]c(/C(=C\c2ccnn2C)CC)n1. The zero-order valence-corrected chi connectivity index (χ0v) is 12.2. The normalized spacial score (nSPS) is 11.8. The molecule has 0 amide bonds. The number of rotatable bonds is 5. The van der Waals surface area contributed by atoms with Crippen LogP contribution in [0.4, 0.5) is 0 Å². The van der Waals surface area contributed by atoms with Crippen molar-refractivity contribution in [1.29, 1.82) is 0 Å². The molecule has 0 aliphatic rings. The first-order chi connectivity index (χ1) is 9.63. The molecule has 0 fully saturated rings. The van der Waals surface area contributed by atoms with E-state index in [4.69, 9.17) is 0 Å². The molecule has 0 unspecified atom stereocenters. The Balaban J connectivity index is 2.44. The van der Waals surface area contributed by atoms with E-state index in [2.05, 4.69) is 28.9 Å². The van der Waals surface area contributed by atoms with Crippen LogP contribution >= 0.6 is 0 Å². The Bertz CT molecular complexity index is 667. The van der Waals surface area contributed by atoms with Gasteiger partial charge in [0, 0.05) is 25.0 Å². The molecular weight excluding hydrogens is 252 g/mol. The summed E-state index contributed by atoms with van der Waals surface area (Å²) in [6, 6.07) is 3.51. The highest BCUT2D eigenvalue weighted by atomic mass is 16.1. The predicted molar refractivity (Wildman–Crippen MR) is 80.2 cm³/mol. The highest BCUT2D eigenvalue weighted by molar-refractivity contribution is 5.77. The largest absolute Gasteiger partial charge is 0.307 e. The van der Waals surface area contributed by atoms with Crippen molar-refractivity contribution >= 4 is 11.6 Å². The van der Waals surface area contributed by atoms with Gasteiger partial charge in [-0.2, -0.15) is 5.10 Å². The van der Waals surface area contributed by atoms with Crippen molar-refractivity contribution < 1.29 is 0 Å². The maximum atomic E-state index is 11.7. The van der Waals surface area contributed by atoms with Crippen LogP contribution in [0.5, 0.6) is 0 Å². The van der Waals surface area contributed by atoms with Crippen LogP contribution < -0.4 is 5.56 Å². The zero-order chi connectivity index (χ0) is 14.5. The summed E-state index contributed by atoms with van der Waals surface area (Å²) in [7, 11) is 1.89. The van der Waals surface area contributed by atoms with Crippen molar-refractivity contribution in [3.63, 3.8) is 0 Å². The molecule has 5 nitrogen and oxygen atoms in total. The average molecular weight is 272 g/mol. The first-order valence-corrected chi connectivity index (χ1v) is 6.93. The molecule has 0 bridgehead atoms. The Morgan fingerprint density at radius 3 is 2.85 bits per heavy atom. The number of nitrogens with one attached hydrogen (secondary N) is 1. The van der Waals surface area contributed by atoms with Crippen LogP contribution in [0.15, 0.2) is 23.1 Å². The minimum absolute atomic E-state index is 0.0946. The van der Waals surface area contributed by atoms with Gasteiger partial charge in [-0.25, -0.2) is 4.98 Å². The van der Waals surface area contributed by atoms with E-state index in [-0.39, 0.29) is 5.56 Å². The number of H-pyrrole nitrogens is 1. The van der Waals surface area contributed by atoms with Gasteiger partial charge in [0.15, 0.2) is 0 Å². The van der Waals surface area contributed by atoms with Gasteiger partial charge in [-0.05, 0) is 30.6 Å². The first kappa shape index (κ1) is 14.2. The van der Waals surface area contributed by atoms with Crippen molar-refractivity contribution in [3.8, 4) is 0 Å². The molecule has 5 heteroatoms. The lowest BCUT2D eigenvalue weighted by molar-refractivity contribution is 0.759. The lowest BCUT2D eigenvalue weighted by Crippen LogP contribution is -2.12. The van der Waals surface area contributed by atoms with E-state index in [1.165, 1.54) is 0 Å². The first-order valence-electron chi connectivity index (χ1n) is 6.93. The van der Waals surface area contributed by atoms with Crippen LogP contribution in [0.3, 0.4) is 0 Å². The van der Waals surface area contributed by atoms with Gasteiger partial charge in [0.1, 0.15) is 5.82 Å². The Kier molecular flexibility index (Phi) is 4.50. The van der Waals surface area contributed by atoms with Crippen molar-refractivity contribution in [1.82, 2.24) is 19.7 Å². The average Bonchev–Trinajstić information content (AvgIpc) is 2.81. The number of hydrogen-bond acceptors (Lipinski definition) is 3. The zero-order valence-electron chi connectivity index (χ0n) is 12.2. The summed E-state index contributed by atoms with van der Waals surface area (Å²) in [5, 5.41) is 4.14. The highest BCUT2D eigenvalue weighted by Crippen LogP contribution is 2.17. The number of hydrogen-bond donors (Lipinski definition) is 1. The number of aromatic amines is 1. The maximum Gasteiger partial charge on any atom is 0.251 e.